The van der Waals surface area contributed by atoms with Gasteiger partial charge in [-0.25, -0.2) is 4.98 Å². The third-order valence-corrected chi connectivity index (χ3v) is 6.20. The molecule has 0 unspecified atom stereocenters. The van der Waals surface area contributed by atoms with E-state index in [2.05, 4.69) is 16.0 Å². The van der Waals surface area contributed by atoms with E-state index in [4.69, 9.17) is 27.9 Å². The topological polar surface area (TPSA) is 50.6 Å². The van der Waals surface area contributed by atoms with Gasteiger partial charge in [0, 0.05) is 50.6 Å². The molecule has 1 aliphatic rings. The van der Waals surface area contributed by atoms with Gasteiger partial charge < -0.3 is 19.1 Å². The minimum atomic E-state index is 0.131. The third-order valence-electron chi connectivity index (χ3n) is 5.46. The summed E-state index contributed by atoms with van der Waals surface area (Å²) < 4.78 is 7.59. The number of nitrogens with zero attached hydrogens (tertiary/aromatic N) is 4. The molecule has 0 spiro atoms. The second kappa shape index (κ2) is 9.20. The van der Waals surface area contributed by atoms with Gasteiger partial charge in [-0.1, -0.05) is 29.3 Å². The Morgan fingerprint density at radius 1 is 1.06 bits per heavy atom. The molecular weight excluding hydrogens is 435 g/mol. The van der Waals surface area contributed by atoms with E-state index in [0.717, 1.165) is 34.9 Å². The lowest BCUT2D eigenvalue weighted by molar-refractivity contribution is -0.130. The van der Waals surface area contributed by atoms with Gasteiger partial charge in [0.2, 0.25) is 5.91 Å². The van der Waals surface area contributed by atoms with Gasteiger partial charge in [-0.3, -0.25) is 4.79 Å². The molecule has 162 valence electrons. The number of aryl methyl sites for hydroxylation is 1. The number of anilines is 1. The maximum atomic E-state index is 12.7. The lowest BCUT2D eigenvalue weighted by Gasteiger charge is -2.25. The number of methoxy groups -OCH3 is 1. The van der Waals surface area contributed by atoms with E-state index in [0.29, 0.717) is 36.1 Å². The predicted octanol–water partition coefficient (Wildman–Crippen LogP) is 4.74. The quantitative estimate of drug-likeness (QED) is 0.554. The smallest absolute Gasteiger partial charge is 0.224 e. The molecule has 8 heteroatoms. The molecular formula is C23H24Cl2N4O2. The van der Waals surface area contributed by atoms with Gasteiger partial charge in [-0.15, -0.1) is 0 Å². The Morgan fingerprint density at radius 3 is 2.61 bits per heavy atom. The highest BCUT2D eigenvalue weighted by molar-refractivity contribution is 6.42. The van der Waals surface area contributed by atoms with Crippen molar-refractivity contribution in [1.29, 1.82) is 0 Å². The molecule has 6 nitrogen and oxygen atoms in total. The number of hydrogen-bond acceptors (Lipinski definition) is 4. The van der Waals surface area contributed by atoms with Crippen LogP contribution in [0.3, 0.4) is 0 Å². The van der Waals surface area contributed by atoms with Crippen molar-refractivity contribution in [3.05, 3.63) is 70.2 Å². The number of carbonyl (C=O) groups is 1. The monoisotopic (exact) mass is 458 g/mol. The van der Waals surface area contributed by atoms with Crippen molar-refractivity contribution in [1.82, 2.24) is 14.5 Å². The van der Waals surface area contributed by atoms with Crippen LogP contribution in [0.4, 0.5) is 5.69 Å². The zero-order chi connectivity index (χ0) is 22.0. The van der Waals surface area contributed by atoms with Crippen molar-refractivity contribution in [3.8, 4) is 11.4 Å². The fourth-order valence-electron chi connectivity index (χ4n) is 3.78. The van der Waals surface area contributed by atoms with Crippen molar-refractivity contribution in [2.45, 2.75) is 19.9 Å². The maximum Gasteiger partial charge on any atom is 0.224 e. The van der Waals surface area contributed by atoms with Crippen molar-refractivity contribution in [2.75, 3.05) is 31.6 Å². The standard InChI is InChI=1S/C23H24Cl2N4O2/c1-16-13-29(15-26-16)21-6-4-18(12-22(21)31-2)27-8-7-23(30)28(10-9-27)14-17-3-5-19(24)20(25)11-17/h3-6,11-13,15H,7-10,14H2,1-2H3. The normalized spacial score (nSPS) is 14.6. The summed E-state index contributed by atoms with van der Waals surface area (Å²) in [5.74, 6) is 0.893. The first-order valence-corrected chi connectivity index (χ1v) is 10.9. The van der Waals surface area contributed by atoms with Crippen molar-refractivity contribution in [3.63, 3.8) is 0 Å². The molecule has 4 rings (SSSR count). The van der Waals surface area contributed by atoms with Crippen LogP contribution >= 0.6 is 23.2 Å². The molecule has 0 saturated carbocycles. The number of hydrogen-bond donors (Lipinski definition) is 0. The van der Waals surface area contributed by atoms with Crippen LogP contribution < -0.4 is 9.64 Å². The van der Waals surface area contributed by atoms with Crippen LogP contribution in [-0.2, 0) is 11.3 Å². The molecule has 0 aliphatic carbocycles. The summed E-state index contributed by atoms with van der Waals surface area (Å²) in [7, 11) is 1.66. The number of rotatable bonds is 5. The molecule has 2 aromatic carbocycles. The number of amides is 1. The molecule has 31 heavy (non-hydrogen) atoms. The number of carbonyl (C=O) groups excluding carboxylic acids is 1. The van der Waals surface area contributed by atoms with Gasteiger partial charge in [-0.05, 0) is 36.8 Å². The van der Waals surface area contributed by atoms with Gasteiger partial charge in [-0.2, -0.15) is 0 Å². The first-order chi connectivity index (χ1) is 14.9. The van der Waals surface area contributed by atoms with E-state index >= 15 is 0 Å². The average Bonchev–Trinajstić information content (AvgIpc) is 3.12. The fraction of sp³-hybridized carbons (Fsp3) is 0.304. The van der Waals surface area contributed by atoms with E-state index in [1.165, 1.54) is 0 Å². The average molecular weight is 459 g/mol. The Kier molecular flexibility index (Phi) is 6.39. The molecule has 0 bridgehead atoms. The van der Waals surface area contributed by atoms with Gasteiger partial charge >= 0.3 is 0 Å². The Labute approximate surface area is 191 Å². The van der Waals surface area contributed by atoms with Crippen molar-refractivity contribution in [2.24, 2.45) is 0 Å². The summed E-state index contributed by atoms with van der Waals surface area (Å²) in [5, 5.41) is 1.02. The van der Waals surface area contributed by atoms with Gasteiger partial charge in [0.1, 0.15) is 5.75 Å². The minimum absolute atomic E-state index is 0.131. The highest BCUT2D eigenvalue weighted by Gasteiger charge is 2.22. The number of aromatic nitrogens is 2. The first kappa shape index (κ1) is 21.5. The van der Waals surface area contributed by atoms with E-state index in [1.807, 2.05) is 46.9 Å². The highest BCUT2D eigenvalue weighted by atomic mass is 35.5. The second-order valence-electron chi connectivity index (χ2n) is 7.58. The van der Waals surface area contributed by atoms with Crippen LogP contribution in [-0.4, -0.2) is 47.1 Å². The molecule has 2 heterocycles. The fourth-order valence-corrected chi connectivity index (χ4v) is 4.10. The van der Waals surface area contributed by atoms with Gasteiger partial charge in [0.15, 0.2) is 0 Å². The Morgan fingerprint density at radius 2 is 1.90 bits per heavy atom. The number of ether oxygens (including phenoxy) is 1. The zero-order valence-corrected chi connectivity index (χ0v) is 19.0. The first-order valence-electron chi connectivity index (χ1n) is 10.1. The molecule has 1 amide bonds. The molecule has 0 atom stereocenters. The maximum absolute atomic E-state index is 12.7. The van der Waals surface area contributed by atoms with Gasteiger partial charge in [0.25, 0.3) is 0 Å². The van der Waals surface area contributed by atoms with E-state index in [9.17, 15) is 4.79 Å². The minimum Gasteiger partial charge on any atom is -0.494 e. The van der Waals surface area contributed by atoms with Crippen LogP contribution in [0.15, 0.2) is 48.9 Å². The molecule has 1 aliphatic heterocycles. The van der Waals surface area contributed by atoms with Crippen LogP contribution in [0.2, 0.25) is 10.0 Å². The Hall–Kier alpha value is -2.70. The van der Waals surface area contributed by atoms with Crippen LogP contribution in [0.1, 0.15) is 17.7 Å². The van der Waals surface area contributed by atoms with Crippen LogP contribution in [0.5, 0.6) is 5.75 Å². The summed E-state index contributed by atoms with van der Waals surface area (Å²) >= 11 is 12.1. The summed E-state index contributed by atoms with van der Waals surface area (Å²) in [6, 6.07) is 11.6. The highest BCUT2D eigenvalue weighted by Crippen LogP contribution is 2.30. The van der Waals surface area contributed by atoms with Gasteiger partial charge in [0.05, 0.1) is 34.9 Å². The second-order valence-corrected chi connectivity index (χ2v) is 8.39. The predicted molar refractivity (Wildman–Crippen MR) is 124 cm³/mol. The molecule has 1 saturated heterocycles. The summed E-state index contributed by atoms with van der Waals surface area (Å²) in [6.45, 7) is 4.49. The number of imidazole rings is 1. The summed E-state index contributed by atoms with van der Waals surface area (Å²) in [6.07, 6.45) is 4.19. The largest absolute Gasteiger partial charge is 0.494 e. The number of halogens is 2. The zero-order valence-electron chi connectivity index (χ0n) is 17.5. The van der Waals surface area contributed by atoms with E-state index < -0.39 is 0 Å². The van der Waals surface area contributed by atoms with Crippen molar-refractivity contribution < 1.29 is 9.53 Å². The Bertz CT molecular complexity index is 1100. The van der Waals surface area contributed by atoms with Crippen LogP contribution in [0.25, 0.3) is 5.69 Å². The molecule has 0 radical (unpaired) electrons. The Balaban J connectivity index is 1.50. The molecule has 1 aromatic heterocycles. The lowest BCUT2D eigenvalue weighted by atomic mass is 10.2. The summed E-state index contributed by atoms with van der Waals surface area (Å²) in [5.41, 5.74) is 3.87. The van der Waals surface area contributed by atoms with Crippen molar-refractivity contribution >= 4 is 34.8 Å². The third kappa shape index (κ3) is 4.81. The SMILES string of the molecule is COc1cc(N2CCC(=O)N(Cc3ccc(Cl)c(Cl)c3)CC2)ccc1-n1cnc(C)c1. The molecule has 1 fully saturated rings. The van der Waals surface area contributed by atoms with E-state index in [1.54, 1.807) is 19.5 Å². The summed E-state index contributed by atoms with van der Waals surface area (Å²) in [4.78, 5) is 21.1. The molecule has 0 N–H and O–H groups in total. The molecule has 3 aromatic rings. The number of benzene rings is 2. The van der Waals surface area contributed by atoms with Crippen LogP contribution in [0, 0.1) is 6.92 Å². The lowest BCUT2D eigenvalue weighted by Crippen LogP contribution is -2.32. The van der Waals surface area contributed by atoms with E-state index in [-0.39, 0.29) is 5.91 Å².